The number of hydrogen-bond donors (Lipinski definition) is 0. The van der Waals surface area contributed by atoms with Crippen molar-refractivity contribution in [3.63, 3.8) is 0 Å². The van der Waals surface area contributed by atoms with E-state index in [0.717, 1.165) is 11.4 Å². The molecule has 0 bridgehead atoms. The van der Waals surface area contributed by atoms with E-state index < -0.39 is 8.40 Å². The minimum atomic E-state index is -3.64. The Labute approximate surface area is 371 Å². The maximum Gasteiger partial charge on any atom is 0.340 e. The highest BCUT2D eigenvalue weighted by Gasteiger charge is 2.55. The van der Waals surface area contributed by atoms with Crippen LogP contribution in [0.2, 0.25) is 0 Å². The molecule has 0 aliphatic carbocycles. The smallest absolute Gasteiger partial charge is 0.340 e. The zero-order valence-electron chi connectivity index (χ0n) is 34.8. The van der Waals surface area contributed by atoms with Crippen LogP contribution < -0.4 is 19.5 Å². The molecule has 0 saturated heterocycles. The molecule has 63 heavy (non-hydrogen) atoms. The summed E-state index contributed by atoms with van der Waals surface area (Å²) >= 11 is 0. The average Bonchev–Trinajstić information content (AvgIpc) is 3.49. The second kappa shape index (κ2) is 16.5. The molecule has 0 spiro atoms. The van der Waals surface area contributed by atoms with E-state index in [9.17, 15) is 0 Å². The van der Waals surface area contributed by atoms with Gasteiger partial charge in [0, 0.05) is 33.9 Å². The highest BCUT2D eigenvalue weighted by atomic mass is 28.3. The molecule has 0 aromatic heterocycles. The first-order valence-corrected chi connectivity index (χ1v) is 23.6. The molecule has 10 aromatic rings. The van der Waals surface area contributed by atoms with Crippen LogP contribution in [0.1, 0.15) is 0 Å². The Balaban J connectivity index is 1.33. The Morgan fingerprint density at radius 1 is 0.222 bits per heavy atom. The number of nitrogens with zero attached hydrogens (tertiary/aromatic N) is 2. The third-order valence-corrected chi connectivity index (χ3v) is 16.9. The Bertz CT molecular complexity index is 2970. The van der Waals surface area contributed by atoms with Gasteiger partial charge in [-0.15, -0.1) is 0 Å². The lowest BCUT2D eigenvalue weighted by Gasteiger charge is -2.50. The Morgan fingerprint density at radius 3 is 0.873 bits per heavy atom. The summed E-state index contributed by atoms with van der Waals surface area (Å²) in [4.78, 5) is 0. The van der Waals surface area contributed by atoms with Crippen LogP contribution in [0.4, 0.5) is 22.7 Å². The molecule has 0 fully saturated rings. The summed E-state index contributed by atoms with van der Waals surface area (Å²) in [6, 6.07) is 98.5. The third-order valence-electron chi connectivity index (χ3n) is 12.4. The first-order valence-electron chi connectivity index (χ1n) is 21.7. The first-order chi connectivity index (χ1) is 31.3. The van der Waals surface area contributed by atoms with Gasteiger partial charge in [0.25, 0.3) is 0 Å². The molecule has 11 rings (SSSR count). The van der Waals surface area contributed by atoms with Crippen LogP contribution in [-0.2, 0) is 0 Å². The number of rotatable bonds is 8. The number of para-hydroxylation sites is 2. The largest absolute Gasteiger partial charge is 0.343 e. The van der Waals surface area contributed by atoms with Crippen molar-refractivity contribution in [2.45, 2.75) is 0 Å². The van der Waals surface area contributed by atoms with Gasteiger partial charge in [0.2, 0.25) is 0 Å². The lowest BCUT2D eigenvalue weighted by molar-refractivity contribution is 1.27. The van der Waals surface area contributed by atoms with E-state index in [1.807, 2.05) is 0 Å². The van der Waals surface area contributed by atoms with Crippen molar-refractivity contribution in [2.24, 2.45) is 0 Å². The summed E-state index contributed by atoms with van der Waals surface area (Å²) in [5, 5.41) is 2.52. The minimum absolute atomic E-state index is 1.13. The van der Waals surface area contributed by atoms with E-state index in [0.29, 0.717) is 0 Å². The van der Waals surface area contributed by atoms with Crippen LogP contribution in [0.25, 0.3) is 55.6 Å². The van der Waals surface area contributed by atoms with E-state index in [-0.39, 0.29) is 0 Å². The van der Waals surface area contributed by atoms with Crippen molar-refractivity contribution < 1.29 is 0 Å². The van der Waals surface area contributed by atoms with E-state index in [4.69, 9.17) is 0 Å². The van der Waals surface area contributed by atoms with E-state index >= 15 is 0 Å². The van der Waals surface area contributed by atoms with Crippen LogP contribution in [0.3, 0.4) is 0 Å². The van der Waals surface area contributed by atoms with Gasteiger partial charge < -0.3 is 9.13 Å². The van der Waals surface area contributed by atoms with Gasteiger partial charge in [0.05, 0.1) is 0 Å². The maximum absolute atomic E-state index is 3.64. The second-order valence-electron chi connectivity index (χ2n) is 16.1. The lowest BCUT2D eigenvalue weighted by Crippen LogP contribution is -2.78. The molecule has 10 aromatic carbocycles. The fourth-order valence-electron chi connectivity index (χ4n) is 9.58. The lowest BCUT2D eigenvalue weighted by atomic mass is 10.0. The molecule has 0 N–H and O–H groups in total. The molecule has 2 nitrogen and oxygen atoms in total. The van der Waals surface area contributed by atoms with Crippen molar-refractivity contribution >= 4 is 41.5 Å². The molecule has 1 aliphatic rings. The zero-order valence-corrected chi connectivity index (χ0v) is 35.8. The van der Waals surface area contributed by atoms with Gasteiger partial charge in [-0.05, 0) is 91.3 Å². The predicted octanol–water partition coefficient (Wildman–Crippen LogP) is 14.6. The first kappa shape index (κ1) is 38.0. The monoisotopic (exact) mass is 820 g/mol. The summed E-state index contributed by atoms with van der Waals surface area (Å²) in [6.45, 7) is 0. The summed E-state index contributed by atoms with van der Waals surface area (Å²) in [5.41, 5.74) is 16.4. The molecule has 0 saturated carbocycles. The van der Waals surface area contributed by atoms with Gasteiger partial charge in [-0.2, -0.15) is 0 Å². The highest BCUT2D eigenvalue weighted by molar-refractivity contribution is 7.09. The number of hydrogen-bond acceptors (Lipinski definition) is 2. The molecule has 1 aliphatic heterocycles. The van der Waals surface area contributed by atoms with Gasteiger partial charge >= 0.3 is 8.40 Å². The molecular formula is C60H44N2Si. The van der Waals surface area contributed by atoms with Crippen molar-refractivity contribution in [2.75, 3.05) is 9.13 Å². The van der Waals surface area contributed by atoms with E-state index in [1.54, 1.807) is 0 Å². The maximum atomic E-state index is 2.76. The molecule has 0 radical (unpaired) electrons. The topological polar surface area (TPSA) is 6.48 Å². The van der Waals surface area contributed by atoms with E-state index in [1.165, 1.54) is 77.4 Å². The fraction of sp³-hybridized carbons (Fsp3) is 0. The Kier molecular flexibility index (Phi) is 9.93. The van der Waals surface area contributed by atoms with Gasteiger partial charge in [-0.25, -0.2) is 0 Å². The number of anilines is 4. The summed E-state index contributed by atoms with van der Waals surface area (Å²) in [7, 11) is -3.64. The molecule has 0 atom stereocenters. The van der Waals surface area contributed by atoms with Crippen molar-refractivity contribution in [3.8, 4) is 55.6 Å². The molecule has 0 unspecified atom stereocenters. The average molecular weight is 821 g/mol. The van der Waals surface area contributed by atoms with Crippen molar-refractivity contribution in [1.82, 2.24) is 0 Å². The minimum Gasteiger partial charge on any atom is -0.343 e. The Hall–Kier alpha value is -7.98. The second-order valence-corrected chi connectivity index (χ2v) is 19.5. The van der Waals surface area contributed by atoms with Crippen LogP contribution >= 0.6 is 0 Å². The number of benzene rings is 10. The molecule has 3 heteroatoms. The molecule has 298 valence electrons. The van der Waals surface area contributed by atoms with Gasteiger partial charge in [-0.3, -0.25) is 0 Å². The van der Waals surface area contributed by atoms with Gasteiger partial charge in [0.15, 0.2) is 0 Å². The van der Waals surface area contributed by atoms with Crippen LogP contribution in [0.5, 0.6) is 0 Å². The predicted molar refractivity (Wildman–Crippen MR) is 269 cm³/mol. The summed E-state index contributed by atoms with van der Waals surface area (Å²) in [5.74, 6) is 0. The zero-order chi connectivity index (χ0) is 42.0. The standard InChI is InChI=1S/C60H44N2Si/c1-5-21-45(22-6-1)49-29-17-33-53(41-49)61-59-39-15-13-37-57(59)58-38-14-16-40-60(58)62(54-34-18-30-50(42-54)46-23-7-2-8-24-46)63(61,55-35-19-31-51(43-55)47-25-9-3-10-26-47)56-36-20-32-52(44-56)48-27-11-4-12-28-48/h1-44H. The molecular weight excluding hydrogens is 777 g/mol. The Morgan fingerprint density at radius 2 is 0.508 bits per heavy atom. The van der Waals surface area contributed by atoms with Crippen LogP contribution in [0.15, 0.2) is 267 Å². The van der Waals surface area contributed by atoms with E-state index in [2.05, 4.69) is 276 Å². The normalized spacial score (nSPS) is 12.8. The quantitative estimate of drug-likeness (QED) is 0.141. The van der Waals surface area contributed by atoms with Gasteiger partial charge in [0.1, 0.15) is 0 Å². The SMILES string of the molecule is c1ccc(-c2cccc(N3c4ccccc4-c4ccccc4N(c4cccc(-c5ccccc5)c4)[Si]3(c3cccc(-c4ccccc4)c3)c3cccc(-c4ccccc4)c3)c2)cc1. The summed E-state index contributed by atoms with van der Waals surface area (Å²) < 4.78 is 5.52. The van der Waals surface area contributed by atoms with Crippen LogP contribution in [-0.4, -0.2) is 8.40 Å². The van der Waals surface area contributed by atoms with Gasteiger partial charge in [-0.1, -0.05) is 231 Å². The van der Waals surface area contributed by atoms with Crippen LogP contribution in [0, 0.1) is 0 Å². The van der Waals surface area contributed by atoms with Crippen molar-refractivity contribution in [1.29, 1.82) is 0 Å². The summed E-state index contributed by atoms with van der Waals surface area (Å²) in [6.07, 6.45) is 0. The number of fused-ring (bicyclic) bond motifs is 3. The fourth-order valence-corrected chi connectivity index (χ4v) is 14.6. The molecule has 1 heterocycles. The molecule has 0 amide bonds. The van der Waals surface area contributed by atoms with Crippen molar-refractivity contribution in [3.05, 3.63) is 267 Å². The third kappa shape index (κ3) is 6.86. The highest BCUT2D eigenvalue weighted by Crippen LogP contribution is 2.51.